The van der Waals surface area contributed by atoms with Crippen molar-refractivity contribution in [3.63, 3.8) is 0 Å². The lowest BCUT2D eigenvalue weighted by molar-refractivity contribution is -0.129. The number of carboxylic acids is 1. The van der Waals surface area contributed by atoms with E-state index in [0.717, 1.165) is 5.56 Å². The third-order valence-corrected chi connectivity index (χ3v) is 2.53. The molecule has 0 radical (unpaired) electrons. The molecule has 0 atom stereocenters. The van der Waals surface area contributed by atoms with Crippen molar-refractivity contribution in [3.05, 3.63) is 59.9 Å². The number of aliphatic carboxylic acids is 1. The number of nitrogens with zero attached hydrogens (tertiary/aromatic N) is 2. The minimum absolute atomic E-state index is 0.0621. The van der Waals surface area contributed by atoms with Gasteiger partial charge in [0.25, 0.3) is 0 Å². The van der Waals surface area contributed by atoms with Gasteiger partial charge >= 0.3 is 5.97 Å². The minimum atomic E-state index is -1.35. The van der Waals surface area contributed by atoms with Crippen molar-refractivity contribution in [1.29, 1.82) is 0 Å². The number of hydrogen-bond acceptors (Lipinski definition) is 5. The predicted molar refractivity (Wildman–Crippen MR) is 71.0 cm³/mol. The third-order valence-electron chi connectivity index (χ3n) is 2.53. The van der Waals surface area contributed by atoms with Crippen LogP contribution in [0.3, 0.4) is 0 Å². The summed E-state index contributed by atoms with van der Waals surface area (Å²) in [7, 11) is 0. The number of rotatable bonds is 5. The molecule has 20 heavy (non-hydrogen) atoms. The first-order chi connectivity index (χ1) is 9.70. The summed E-state index contributed by atoms with van der Waals surface area (Å²) in [4.78, 5) is 14.7. The molecule has 6 nitrogen and oxygen atoms in total. The van der Waals surface area contributed by atoms with Crippen LogP contribution in [0.4, 0.5) is 0 Å². The van der Waals surface area contributed by atoms with E-state index in [4.69, 9.17) is 15.1 Å². The Labute approximate surface area is 115 Å². The largest absolute Gasteiger partial charge is 0.487 e. The maximum absolute atomic E-state index is 10.8. The van der Waals surface area contributed by atoms with E-state index in [0.29, 0.717) is 12.4 Å². The molecule has 102 valence electrons. The van der Waals surface area contributed by atoms with Gasteiger partial charge < -0.3 is 15.1 Å². The van der Waals surface area contributed by atoms with E-state index in [-0.39, 0.29) is 5.69 Å². The van der Waals surface area contributed by atoms with E-state index in [1.54, 1.807) is 6.07 Å². The summed E-state index contributed by atoms with van der Waals surface area (Å²) in [6, 6.07) is 12.6. The average Bonchev–Trinajstić information content (AvgIpc) is 2.48. The van der Waals surface area contributed by atoms with Crippen LogP contribution in [0.5, 0.6) is 5.75 Å². The Morgan fingerprint density at radius 2 is 1.95 bits per heavy atom. The number of pyridine rings is 1. The zero-order valence-corrected chi connectivity index (χ0v) is 10.4. The third kappa shape index (κ3) is 3.32. The van der Waals surface area contributed by atoms with Gasteiger partial charge in [-0.2, -0.15) is 0 Å². The number of aromatic nitrogens is 1. The van der Waals surface area contributed by atoms with Crippen molar-refractivity contribution < 1.29 is 19.8 Å². The highest BCUT2D eigenvalue weighted by Gasteiger charge is 2.14. The molecule has 0 fully saturated rings. The summed E-state index contributed by atoms with van der Waals surface area (Å²) in [5, 5.41) is 20.1. The summed E-state index contributed by atoms with van der Waals surface area (Å²) in [6.45, 7) is 0.391. The molecule has 0 amide bonds. The summed E-state index contributed by atoms with van der Waals surface area (Å²) in [5.41, 5.74) is 0.561. The molecule has 0 aliphatic carbocycles. The second-order valence-corrected chi connectivity index (χ2v) is 3.91. The molecule has 2 rings (SSSR count). The van der Waals surface area contributed by atoms with Crippen molar-refractivity contribution in [2.45, 2.75) is 6.61 Å². The number of hydrogen-bond donors (Lipinski definition) is 2. The minimum Gasteiger partial charge on any atom is -0.487 e. The lowest BCUT2D eigenvalue weighted by Gasteiger charge is -2.06. The molecule has 2 N–H and O–H groups in total. The van der Waals surface area contributed by atoms with Crippen molar-refractivity contribution in [3.8, 4) is 5.75 Å². The van der Waals surface area contributed by atoms with Gasteiger partial charge in [0.15, 0.2) is 0 Å². The monoisotopic (exact) mass is 272 g/mol. The summed E-state index contributed by atoms with van der Waals surface area (Å²) in [5.74, 6) is -0.849. The fourth-order valence-corrected chi connectivity index (χ4v) is 1.55. The second kappa shape index (κ2) is 6.33. The van der Waals surface area contributed by atoms with Gasteiger partial charge in [-0.1, -0.05) is 35.5 Å². The summed E-state index contributed by atoms with van der Waals surface area (Å²) < 4.78 is 5.51. The Balaban J connectivity index is 2.04. The van der Waals surface area contributed by atoms with Crippen LogP contribution in [-0.2, 0) is 11.4 Å². The molecule has 0 saturated carbocycles. The number of carboxylic acid groups (broad SMARTS) is 1. The quantitative estimate of drug-likeness (QED) is 0.493. The highest BCUT2D eigenvalue weighted by Crippen LogP contribution is 2.12. The van der Waals surface area contributed by atoms with E-state index >= 15 is 0 Å². The number of oxime groups is 1. The average molecular weight is 272 g/mol. The molecule has 0 saturated heterocycles. The molecular formula is C14H12N2O4. The lowest BCUT2D eigenvalue weighted by Crippen LogP contribution is -2.15. The van der Waals surface area contributed by atoms with Crippen LogP contribution in [0.15, 0.2) is 53.8 Å². The first kappa shape index (κ1) is 13.5. The van der Waals surface area contributed by atoms with Crippen LogP contribution in [0.2, 0.25) is 0 Å². The van der Waals surface area contributed by atoms with Gasteiger partial charge in [-0.25, -0.2) is 4.79 Å². The van der Waals surface area contributed by atoms with Gasteiger partial charge in [-0.15, -0.1) is 0 Å². The fraction of sp³-hybridized carbons (Fsp3) is 0.0714. The van der Waals surface area contributed by atoms with E-state index in [1.165, 1.54) is 12.3 Å². The molecule has 0 aliphatic rings. The fourth-order valence-electron chi connectivity index (χ4n) is 1.55. The summed E-state index contributed by atoms with van der Waals surface area (Å²) in [6.07, 6.45) is 1.38. The van der Waals surface area contributed by atoms with Gasteiger partial charge in [-0.05, 0) is 17.7 Å². The molecule has 1 aromatic carbocycles. The zero-order chi connectivity index (χ0) is 14.4. The molecule has 6 heteroatoms. The lowest BCUT2D eigenvalue weighted by atomic mass is 10.2. The number of ether oxygens (including phenoxy) is 1. The van der Waals surface area contributed by atoms with Crippen LogP contribution < -0.4 is 4.74 Å². The standard InChI is InChI=1S/C14H12N2O4/c17-14(18)13(16-19)12-7-6-11(8-15-12)20-9-10-4-2-1-3-5-10/h1-8,19H,9H2,(H,17,18). The van der Waals surface area contributed by atoms with Crippen LogP contribution in [-0.4, -0.2) is 27.0 Å². The topological polar surface area (TPSA) is 92.0 Å². The van der Waals surface area contributed by atoms with Crippen LogP contribution in [0.1, 0.15) is 11.3 Å². The first-order valence-corrected chi connectivity index (χ1v) is 5.79. The van der Waals surface area contributed by atoms with Crippen LogP contribution in [0, 0.1) is 0 Å². The van der Waals surface area contributed by atoms with Crippen molar-refractivity contribution in [2.24, 2.45) is 5.16 Å². The van der Waals surface area contributed by atoms with E-state index in [2.05, 4.69) is 10.1 Å². The van der Waals surface area contributed by atoms with Gasteiger partial charge in [0.05, 0.1) is 11.9 Å². The Kier molecular flexibility index (Phi) is 4.28. The number of benzene rings is 1. The smallest absolute Gasteiger partial charge is 0.360 e. The molecular weight excluding hydrogens is 260 g/mol. The first-order valence-electron chi connectivity index (χ1n) is 5.79. The summed E-state index contributed by atoms with van der Waals surface area (Å²) >= 11 is 0. The van der Waals surface area contributed by atoms with Crippen molar-refractivity contribution >= 4 is 11.7 Å². The molecule has 1 heterocycles. The second-order valence-electron chi connectivity index (χ2n) is 3.91. The van der Waals surface area contributed by atoms with Crippen molar-refractivity contribution in [1.82, 2.24) is 4.98 Å². The molecule has 0 unspecified atom stereocenters. The van der Waals surface area contributed by atoms with E-state index in [9.17, 15) is 4.79 Å². The highest BCUT2D eigenvalue weighted by molar-refractivity contribution is 6.41. The molecule has 0 aliphatic heterocycles. The molecule has 0 bridgehead atoms. The normalized spacial score (nSPS) is 11.1. The highest BCUT2D eigenvalue weighted by atomic mass is 16.5. The van der Waals surface area contributed by atoms with Gasteiger partial charge in [0.1, 0.15) is 12.4 Å². The Hall–Kier alpha value is -2.89. The van der Waals surface area contributed by atoms with E-state index < -0.39 is 11.7 Å². The predicted octanol–water partition coefficient (Wildman–Crippen LogP) is 1.92. The van der Waals surface area contributed by atoms with Gasteiger partial charge in [-0.3, -0.25) is 4.98 Å². The van der Waals surface area contributed by atoms with E-state index in [1.807, 2.05) is 30.3 Å². The Morgan fingerprint density at radius 3 is 2.50 bits per heavy atom. The molecule has 0 spiro atoms. The Bertz CT molecular complexity index is 609. The van der Waals surface area contributed by atoms with Crippen LogP contribution >= 0.6 is 0 Å². The van der Waals surface area contributed by atoms with Gasteiger partial charge in [0.2, 0.25) is 5.71 Å². The SMILES string of the molecule is O=C(O)C(=NO)c1ccc(OCc2ccccc2)cn1. The van der Waals surface area contributed by atoms with Crippen molar-refractivity contribution in [2.75, 3.05) is 0 Å². The maximum atomic E-state index is 10.8. The number of carbonyl (C=O) groups is 1. The van der Waals surface area contributed by atoms with Crippen LogP contribution in [0.25, 0.3) is 0 Å². The molecule has 1 aromatic heterocycles. The molecule has 2 aromatic rings. The van der Waals surface area contributed by atoms with Gasteiger partial charge in [0, 0.05) is 0 Å². The zero-order valence-electron chi connectivity index (χ0n) is 10.4. The maximum Gasteiger partial charge on any atom is 0.360 e. The Morgan fingerprint density at radius 1 is 1.20 bits per heavy atom.